The van der Waals surface area contributed by atoms with Crippen LogP contribution >= 0.6 is 15.9 Å². The van der Waals surface area contributed by atoms with Crippen molar-refractivity contribution >= 4 is 50.6 Å². The van der Waals surface area contributed by atoms with E-state index in [-0.39, 0.29) is 17.1 Å². The smallest absolute Gasteiger partial charge is 0.263 e. The third-order valence-corrected chi connectivity index (χ3v) is 5.31. The van der Waals surface area contributed by atoms with Crippen LogP contribution < -0.4 is 9.80 Å². The molecule has 0 bridgehead atoms. The minimum Gasteiger partial charge on any atom is -0.311 e. The van der Waals surface area contributed by atoms with Gasteiger partial charge in [0.15, 0.2) is 0 Å². The van der Waals surface area contributed by atoms with Crippen LogP contribution in [0.1, 0.15) is 5.56 Å². The van der Waals surface area contributed by atoms with Gasteiger partial charge in [-0.1, -0.05) is 52.3 Å². The summed E-state index contributed by atoms with van der Waals surface area (Å²) in [5, 5.41) is 0. The fraction of sp³-hybridized carbons (Fsp3) is 0.105. The number of rotatable bonds is 1. The predicted octanol–water partition coefficient (Wildman–Crippen LogP) is 2.75. The van der Waals surface area contributed by atoms with Crippen LogP contribution in [0.3, 0.4) is 0 Å². The fourth-order valence-corrected chi connectivity index (χ4v) is 3.88. The third kappa shape index (κ3) is 2.17. The molecule has 0 saturated carbocycles. The molecular weight excluding hydrogens is 384 g/mol. The third-order valence-electron chi connectivity index (χ3n) is 4.46. The highest BCUT2D eigenvalue weighted by Gasteiger charge is 2.47. The molecule has 0 aromatic heterocycles. The van der Waals surface area contributed by atoms with Crippen molar-refractivity contribution in [3.8, 4) is 0 Å². The Kier molecular flexibility index (Phi) is 3.58. The molecule has 1 saturated heterocycles. The molecule has 5 nitrogen and oxygen atoms in total. The summed E-state index contributed by atoms with van der Waals surface area (Å²) in [4.78, 5) is 40.2. The number of nitrogens with zero attached hydrogens (tertiary/aromatic N) is 2. The Hall–Kier alpha value is -2.73. The Labute approximate surface area is 152 Å². The summed E-state index contributed by atoms with van der Waals surface area (Å²) in [6, 6.07) is 16.0. The van der Waals surface area contributed by atoms with Gasteiger partial charge < -0.3 is 4.90 Å². The van der Waals surface area contributed by atoms with E-state index in [4.69, 9.17) is 0 Å². The van der Waals surface area contributed by atoms with Crippen LogP contribution in [0.2, 0.25) is 0 Å². The first-order chi connectivity index (χ1) is 12.0. The minimum absolute atomic E-state index is 0.190. The van der Waals surface area contributed by atoms with E-state index in [2.05, 4.69) is 15.9 Å². The zero-order valence-corrected chi connectivity index (χ0v) is 14.9. The van der Waals surface area contributed by atoms with Crippen molar-refractivity contribution in [3.05, 3.63) is 65.7 Å². The molecule has 2 heterocycles. The standard InChI is InChI=1S/C19H13BrN2O3/c1-21-13-10-6-5-9-12(13)14(17(21)23)15-16(20)19(25)22(18(15)24)11-7-3-2-4-8-11/h2-10,16H,1H3/b15-14+. The maximum Gasteiger partial charge on any atom is 0.263 e. The van der Waals surface area contributed by atoms with Crippen LogP contribution in [0.4, 0.5) is 11.4 Å². The number of alkyl halides is 1. The van der Waals surface area contributed by atoms with Crippen LogP contribution in [0.15, 0.2) is 60.2 Å². The van der Waals surface area contributed by atoms with Gasteiger partial charge in [-0.3, -0.25) is 14.4 Å². The second-order valence-electron chi connectivity index (χ2n) is 5.85. The lowest BCUT2D eigenvalue weighted by atomic mass is 10.00. The number of benzene rings is 2. The Morgan fingerprint density at radius 3 is 2.24 bits per heavy atom. The number of imide groups is 1. The van der Waals surface area contributed by atoms with Crippen molar-refractivity contribution in [2.24, 2.45) is 0 Å². The van der Waals surface area contributed by atoms with Gasteiger partial charge in [0, 0.05) is 12.6 Å². The van der Waals surface area contributed by atoms with Gasteiger partial charge in [0.1, 0.15) is 4.83 Å². The highest BCUT2D eigenvalue weighted by atomic mass is 79.9. The number of halogens is 1. The number of likely N-dealkylation sites (N-methyl/N-ethyl adjacent to an activating group) is 1. The van der Waals surface area contributed by atoms with Crippen molar-refractivity contribution in [2.45, 2.75) is 4.83 Å². The zero-order chi connectivity index (χ0) is 17.7. The molecule has 6 heteroatoms. The zero-order valence-electron chi connectivity index (χ0n) is 13.3. The van der Waals surface area contributed by atoms with Gasteiger partial charge in [-0.15, -0.1) is 0 Å². The van der Waals surface area contributed by atoms with Crippen molar-refractivity contribution in [1.29, 1.82) is 0 Å². The number of carbonyl (C=O) groups is 3. The number of anilines is 2. The first-order valence-electron chi connectivity index (χ1n) is 7.71. The number of hydrogen-bond acceptors (Lipinski definition) is 3. The van der Waals surface area contributed by atoms with Gasteiger partial charge in [0.05, 0.1) is 22.5 Å². The van der Waals surface area contributed by atoms with Gasteiger partial charge in [0.25, 0.3) is 17.7 Å². The van der Waals surface area contributed by atoms with E-state index in [1.807, 2.05) is 24.3 Å². The van der Waals surface area contributed by atoms with Crippen LogP contribution in [0, 0.1) is 0 Å². The van der Waals surface area contributed by atoms with Crippen molar-refractivity contribution in [2.75, 3.05) is 16.8 Å². The summed E-state index contributed by atoms with van der Waals surface area (Å²) < 4.78 is 0. The molecule has 0 N–H and O–H groups in total. The molecule has 1 fully saturated rings. The van der Waals surface area contributed by atoms with E-state index >= 15 is 0 Å². The molecule has 4 rings (SSSR count). The molecule has 0 aliphatic carbocycles. The minimum atomic E-state index is -0.848. The maximum atomic E-state index is 13.0. The molecule has 25 heavy (non-hydrogen) atoms. The van der Waals surface area contributed by atoms with E-state index in [0.717, 1.165) is 10.6 Å². The Morgan fingerprint density at radius 1 is 0.880 bits per heavy atom. The lowest BCUT2D eigenvalue weighted by Gasteiger charge is -2.13. The topological polar surface area (TPSA) is 57.7 Å². The Balaban J connectivity index is 1.92. The second kappa shape index (κ2) is 5.67. The molecular formula is C19H13BrN2O3. The lowest BCUT2D eigenvalue weighted by molar-refractivity contribution is -0.120. The maximum absolute atomic E-state index is 13.0. The molecule has 2 aliphatic rings. The summed E-state index contributed by atoms with van der Waals surface area (Å²) in [6.07, 6.45) is 0. The van der Waals surface area contributed by atoms with E-state index in [1.54, 1.807) is 37.4 Å². The number of para-hydroxylation sites is 2. The van der Waals surface area contributed by atoms with Crippen molar-refractivity contribution < 1.29 is 14.4 Å². The van der Waals surface area contributed by atoms with Crippen molar-refractivity contribution in [3.63, 3.8) is 0 Å². The highest BCUT2D eigenvalue weighted by Crippen LogP contribution is 2.42. The first kappa shape index (κ1) is 15.8. The number of fused-ring (bicyclic) bond motifs is 1. The summed E-state index contributed by atoms with van der Waals surface area (Å²) in [6.45, 7) is 0. The van der Waals surface area contributed by atoms with Gasteiger partial charge >= 0.3 is 0 Å². The Bertz CT molecular complexity index is 952. The van der Waals surface area contributed by atoms with Crippen LogP contribution in [0.25, 0.3) is 5.57 Å². The Morgan fingerprint density at radius 2 is 1.52 bits per heavy atom. The molecule has 3 amide bonds. The van der Waals surface area contributed by atoms with Gasteiger partial charge in [-0.2, -0.15) is 0 Å². The average Bonchev–Trinajstić information content (AvgIpc) is 3.00. The molecule has 0 radical (unpaired) electrons. The van der Waals surface area contributed by atoms with Crippen molar-refractivity contribution in [1.82, 2.24) is 0 Å². The molecule has 1 atom stereocenters. The molecule has 2 aliphatic heterocycles. The normalized spacial score (nSPS) is 22.8. The number of carbonyl (C=O) groups excluding carboxylic acids is 3. The summed E-state index contributed by atoms with van der Waals surface area (Å²) in [5.41, 5.74) is 2.37. The van der Waals surface area contributed by atoms with Gasteiger partial charge in [-0.25, -0.2) is 4.90 Å². The number of amides is 3. The summed E-state index contributed by atoms with van der Waals surface area (Å²) in [7, 11) is 1.66. The lowest BCUT2D eigenvalue weighted by Crippen LogP contribution is -2.30. The molecule has 2 aromatic rings. The SMILES string of the molecule is CN1C(=O)/C(=C2/C(=O)N(c3ccccc3)C(=O)C2Br)c2ccccc21. The number of hydrogen-bond donors (Lipinski definition) is 0. The monoisotopic (exact) mass is 396 g/mol. The predicted molar refractivity (Wildman–Crippen MR) is 98.4 cm³/mol. The van der Waals surface area contributed by atoms with Gasteiger partial charge in [0.2, 0.25) is 0 Å². The van der Waals surface area contributed by atoms with Crippen LogP contribution in [0.5, 0.6) is 0 Å². The average molecular weight is 397 g/mol. The fourth-order valence-electron chi connectivity index (χ4n) is 3.25. The van der Waals surface area contributed by atoms with E-state index in [9.17, 15) is 14.4 Å². The quantitative estimate of drug-likeness (QED) is 0.423. The molecule has 0 spiro atoms. The van der Waals surface area contributed by atoms with Crippen LogP contribution in [-0.2, 0) is 14.4 Å². The largest absolute Gasteiger partial charge is 0.311 e. The second-order valence-corrected chi connectivity index (χ2v) is 6.76. The molecule has 1 unspecified atom stereocenters. The van der Waals surface area contributed by atoms with E-state index in [0.29, 0.717) is 11.3 Å². The van der Waals surface area contributed by atoms with Gasteiger partial charge in [-0.05, 0) is 18.2 Å². The molecule has 124 valence electrons. The summed E-state index contributed by atoms with van der Waals surface area (Å²) >= 11 is 3.32. The summed E-state index contributed by atoms with van der Waals surface area (Å²) in [5.74, 6) is -1.14. The van der Waals surface area contributed by atoms with Crippen LogP contribution in [-0.4, -0.2) is 29.6 Å². The first-order valence-corrected chi connectivity index (χ1v) is 8.63. The van der Waals surface area contributed by atoms with E-state index in [1.165, 1.54) is 4.90 Å². The van der Waals surface area contributed by atoms with E-state index < -0.39 is 16.6 Å². The highest BCUT2D eigenvalue weighted by molar-refractivity contribution is 9.10. The molecule has 2 aromatic carbocycles.